The fourth-order valence-corrected chi connectivity index (χ4v) is 3.68. The van der Waals surface area contributed by atoms with Gasteiger partial charge in [-0.2, -0.15) is 4.31 Å². The largest absolute Gasteiger partial charge is 0.481 e. The molecule has 1 aromatic carbocycles. The van der Waals surface area contributed by atoms with E-state index in [-0.39, 0.29) is 31.6 Å². The number of hydrogen-bond acceptors (Lipinski definition) is 3. The summed E-state index contributed by atoms with van der Waals surface area (Å²) in [6, 6.07) is 0.564. The van der Waals surface area contributed by atoms with Gasteiger partial charge in [-0.15, -0.1) is 0 Å². The Kier molecular flexibility index (Phi) is 3.74. The highest BCUT2D eigenvalue weighted by Crippen LogP contribution is 2.30. The van der Waals surface area contributed by atoms with Gasteiger partial charge in [0.05, 0.1) is 6.42 Å². The third-order valence-corrected chi connectivity index (χ3v) is 4.83. The number of halogens is 3. The lowest BCUT2D eigenvalue weighted by Crippen LogP contribution is -2.50. The van der Waals surface area contributed by atoms with Crippen molar-refractivity contribution < 1.29 is 31.5 Å². The van der Waals surface area contributed by atoms with Gasteiger partial charge in [-0.05, 0) is 5.92 Å². The third-order valence-electron chi connectivity index (χ3n) is 2.95. The maximum absolute atomic E-state index is 13.5. The highest BCUT2D eigenvalue weighted by atomic mass is 32.2. The van der Waals surface area contributed by atoms with Crippen LogP contribution in [0.3, 0.4) is 0 Å². The van der Waals surface area contributed by atoms with E-state index in [0.29, 0.717) is 0 Å². The first kappa shape index (κ1) is 14.8. The highest BCUT2D eigenvalue weighted by Gasteiger charge is 2.40. The zero-order chi connectivity index (χ0) is 15.1. The molecule has 2 rings (SSSR count). The number of carbonyl (C=O) groups is 1. The summed E-state index contributed by atoms with van der Waals surface area (Å²) in [5, 5.41) is 8.54. The molecule has 0 aromatic heterocycles. The van der Waals surface area contributed by atoms with Crippen molar-refractivity contribution in [3.63, 3.8) is 0 Å². The fourth-order valence-electron chi connectivity index (χ4n) is 2.00. The first-order valence-electron chi connectivity index (χ1n) is 5.58. The van der Waals surface area contributed by atoms with Crippen LogP contribution in [-0.4, -0.2) is 36.9 Å². The Balaban J connectivity index is 2.23. The molecule has 1 N–H and O–H groups in total. The van der Waals surface area contributed by atoms with Crippen LogP contribution in [0.4, 0.5) is 13.2 Å². The topological polar surface area (TPSA) is 74.7 Å². The van der Waals surface area contributed by atoms with Crippen LogP contribution >= 0.6 is 0 Å². The summed E-state index contributed by atoms with van der Waals surface area (Å²) in [4.78, 5) is 9.23. The molecule has 1 fully saturated rings. The summed E-state index contributed by atoms with van der Waals surface area (Å²) in [6.07, 6.45) is -0.222. The fraction of sp³-hybridized carbons (Fsp3) is 0.364. The predicted molar refractivity (Wildman–Crippen MR) is 60.8 cm³/mol. The Morgan fingerprint density at radius 2 is 1.75 bits per heavy atom. The molecule has 0 amide bonds. The Hall–Kier alpha value is -1.61. The molecule has 1 aliphatic rings. The maximum atomic E-state index is 13.5. The van der Waals surface area contributed by atoms with E-state index in [1.54, 1.807) is 0 Å². The monoisotopic (exact) mass is 309 g/mol. The van der Waals surface area contributed by atoms with Crippen molar-refractivity contribution in [1.29, 1.82) is 0 Å². The minimum atomic E-state index is -4.43. The van der Waals surface area contributed by atoms with Gasteiger partial charge in [0, 0.05) is 25.2 Å². The number of rotatable bonds is 4. The second kappa shape index (κ2) is 5.06. The maximum Gasteiger partial charge on any atom is 0.303 e. The van der Waals surface area contributed by atoms with E-state index < -0.39 is 44.3 Å². The molecule has 0 atom stereocenters. The van der Waals surface area contributed by atoms with Crippen molar-refractivity contribution in [1.82, 2.24) is 4.31 Å². The Morgan fingerprint density at radius 3 is 2.20 bits per heavy atom. The van der Waals surface area contributed by atoms with Gasteiger partial charge < -0.3 is 5.11 Å². The number of carboxylic acid groups (broad SMARTS) is 1. The van der Waals surface area contributed by atoms with E-state index in [9.17, 15) is 26.4 Å². The Bertz CT molecular complexity index is 633. The smallest absolute Gasteiger partial charge is 0.303 e. The van der Waals surface area contributed by atoms with Crippen molar-refractivity contribution >= 4 is 16.0 Å². The van der Waals surface area contributed by atoms with Crippen LogP contribution in [0.25, 0.3) is 0 Å². The van der Waals surface area contributed by atoms with E-state index in [0.717, 1.165) is 4.31 Å². The summed E-state index contributed by atoms with van der Waals surface area (Å²) in [6.45, 7) is -0.268. The van der Waals surface area contributed by atoms with Crippen LogP contribution in [-0.2, 0) is 14.8 Å². The standard InChI is InChI=1S/C11H10F3NO4S/c12-7-2-8(13)11(9(14)3-7)20(18,19)15-4-6(5-15)1-10(16)17/h2-3,6H,1,4-5H2,(H,16,17). The summed E-state index contributed by atoms with van der Waals surface area (Å²) in [5.41, 5.74) is 0. The number of carboxylic acids is 1. The lowest BCUT2D eigenvalue weighted by Gasteiger charge is -2.37. The van der Waals surface area contributed by atoms with Gasteiger partial charge >= 0.3 is 5.97 Å². The van der Waals surface area contributed by atoms with E-state index in [4.69, 9.17) is 5.11 Å². The minimum absolute atomic E-state index is 0.134. The molecule has 1 saturated heterocycles. The van der Waals surface area contributed by atoms with E-state index in [1.165, 1.54) is 0 Å². The van der Waals surface area contributed by atoms with Crippen molar-refractivity contribution in [2.45, 2.75) is 11.3 Å². The predicted octanol–water partition coefficient (Wildman–Crippen LogP) is 1.20. The summed E-state index contributed by atoms with van der Waals surface area (Å²) in [5.74, 6) is -5.71. The molecule has 110 valence electrons. The molecule has 20 heavy (non-hydrogen) atoms. The molecule has 1 aromatic rings. The van der Waals surface area contributed by atoms with Gasteiger partial charge in [-0.3, -0.25) is 4.79 Å². The van der Waals surface area contributed by atoms with Gasteiger partial charge in [0.2, 0.25) is 10.0 Å². The van der Waals surface area contributed by atoms with Crippen LogP contribution < -0.4 is 0 Å². The molecule has 9 heteroatoms. The number of benzene rings is 1. The van der Waals surface area contributed by atoms with Crippen LogP contribution in [0.5, 0.6) is 0 Å². The lowest BCUT2D eigenvalue weighted by molar-refractivity contribution is -0.139. The van der Waals surface area contributed by atoms with E-state index in [1.807, 2.05) is 0 Å². The number of sulfonamides is 1. The average molecular weight is 309 g/mol. The van der Waals surface area contributed by atoms with Crippen molar-refractivity contribution in [2.75, 3.05) is 13.1 Å². The van der Waals surface area contributed by atoms with Crippen molar-refractivity contribution in [3.8, 4) is 0 Å². The van der Waals surface area contributed by atoms with Crippen molar-refractivity contribution in [2.24, 2.45) is 5.92 Å². The molecular weight excluding hydrogens is 299 g/mol. The molecule has 0 aliphatic carbocycles. The van der Waals surface area contributed by atoms with Crippen LogP contribution in [0.1, 0.15) is 6.42 Å². The second-order valence-corrected chi connectivity index (χ2v) is 6.36. The summed E-state index contributed by atoms with van der Waals surface area (Å²) >= 11 is 0. The van der Waals surface area contributed by atoms with Crippen molar-refractivity contribution in [3.05, 3.63) is 29.6 Å². The third kappa shape index (κ3) is 2.63. The van der Waals surface area contributed by atoms with Gasteiger partial charge in [-0.1, -0.05) is 0 Å². The average Bonchev–Trinajstić information content (AvgIpc) is 2.19. The van der Waals surface area contributed by atoms with Gasteiger partial charge in [-0.25, -0.2) is 21.6 Å². The molecule has 1 aliphatic heterocycles. The second-order valence-electron chi connectivity index (χ2n) is 4.48. The first-order chi connectivity index (χ1) is 9.21. The van der Waals surface area contributed by atoms with Gasteiger partial charge in [0.15, 0.2) is 4.90 Å². The molecule has 5 nitrogen and oxygen atoms in total. The normalized spacial score (nSPS) is 16.9. The van der Waals surface area contributed by atoms with Gasteiger partial charge in [0.25, 0.3) is 0 Å². The zero-order valence-electron chi connectivity index (χ0n) is 10.0. The Labute approximate surface area is 112 Å². The van der Waals surface area contributed by atoms with Gasteiger partial charge in [0.1, 0.15) is 17.5 Å². The minimum Gasteiger partial charge on any atom is -0.481 e. The quantitative estimate of drug-likeness (QED) is 0.907. The SMILES string of the molecule is O=C(O)CC1CN(S(=O)(=O)c2c(F)cc(F)cc2F)C1. The first-order valence-corrected chi connectivity index (χ1v) is 7.02. The molecule has 0 unspecified atom stereocenters. The Morgan fingerprint density at radius 1 is 1.25 bits per heavy atom. The molecular formula is C11H10F3NO4S. The summed E-state index contributed by atoms with van der Waals surface area (Å²) in [7, 11) is -4.43. The number of nitrogens with zero attached hydrogens (tertiary/aromatic N) is 1. The van der Waals surface area contributed by atoms with E-state index in [2.05, 4.69) is 0 Å². The van der Waals surface area contributed by atoms with E-state index >= 15 is 0 Å². The molecule has 0 saturated carbocycles. The molecule has 1 heterocycles. The summed E-state index contributed by atoms with van der Waals surface area (Å²) < 4.78 is 64.4. The van der Waals surface area contributed by atoms with Crippen LogP contribution in [0, 0.1) is 23.4 Å². The van der Waals surface area contributed by atoms with Crippen LogP contribution in [0.15, 0.2) is 17.0 Å². The zero-order valence-corrected chi connectivity index (χ0v) is 10.8. The molecule has 0 spiro atoms. The molecule has 0 radical (unpaired) electrons. The van der Waals surface area contributed by atoms with Crippen LogP contribution in [0.2, 0.25) is 0 Å². The molecule has 0 bridgehead atoms. The highest BCUT2D eigenvalue weighted by molar-refractivity contribution is 7.89. The lowest BCUT2D eigenvalue weighted by atomic mass is 10.00. The number of aliphatic carboxylic acids is 1. The number of hydrogen-bond donors (Lipinski definition) is 1.